The van der Waals surface area contributed by atoms with Crippen molar-refractivity contribution in [2.75, 3.05) is 25.1 Å². The fraction of sp³-hybridized carbons (Fsp3) is 0.250. The van der Waals surface area contributed by atoms with Crippen LogP contribution in [0.4, 0.5) is 5.69 Å². The average molecular weight is 470 g/mol. The van der Waals surface area contributed by atoms with Gasteiger partial charge in [-0.15, -0.1) is 0 Å². The van der Waals surface area contributed by atoms with E-state index in [0.29, 0.717) is 33.0 Å². The zero-order valence-electron chi connectivity index (χ0n) is 16.8. The van der Waals surface area contributed by atoms with Crippen LogP contribution in [0.1, 0.15) is 18.1 Å². The maximum absolute atomic E-state index is 6.03. The first-order chi connectivity index (χ1) is 14.7. The van der Waals surface area contributed by atoms with E-state index in [2.05, 4.69) is 21.2 Å². The second-order valence-electron chi connectivity index (χ2n) is 6.81. The summed E-state index contributed by atoms with van der Waals surface area (Å²) in [5.41, 5.74) is 3.15. The van der Waals surface area contributed by atoms with Gasteiger partial charge in [-0.25, -0.2) is 0 Å². The predicted molar refractivity (Wildman–Crippen MR) is 121 cm³/mol. The van der Waals surface area contributed by atoms with E-state index in [1.54, 1.807) is 0 Å². The summed E-state index contributed by atoms with van der Waals surface area (Å²) in [6.07, 6.45) is 0. The molecule has 1 aliphatic heterocycles. The minimum absolute atomic E-state index is 0.488. The summed E-state index contributed by atoms with van der Waals surface area (Å²) in [4.78, 5) is 0. The number of halogens is 1. The van der Waals surface area contributed by atoms with E-state index in [0.717, 1.165) is 44.3 Å². The first kappa shape index (κ1) is 20.4. The molecule has 0 bridgehead atoms. The number of benzene rings is 3. The Morgan fingerprint density at radius 1 is 0.900 bits per heavy atom. The van der Waals surface area contributed by atoms with Crippen molar-refractivity contribution in [1.29, 1.82) is 0 Å². The van der Waals surface area contributed by atoms with Crippen molar-refractivity contribution in [3.8, 4) is 23.0 Å². The molecule has 0 radical (unpaired) electrons. The van der Waals surface area contributed by atoms with E-state index in [1.807, 2.05) is 67.6 Å². The summed E-state index contributed by atoms with van der Waals surface area (Å²) in [5.74, 6) is 3.00. The molecule has 0 fully saturated rings. The summed E-state index contributed by atoms with van der Waals surface area (Å²) in [6.45, 7) is 4.81. The number of rotatable bonds is 8. The van der Waals surface area contributed by atoms with Gasteiger partial charge in [0.2, 0.25) is 0 Å². The SMILES string of the molecule is CCOc1cc(CNc2ccc3c(c2)OCCO3)c(Br)cc1OCc1ccccc1. The second kappa shape index (κ2) is 9.76. The molecule has 0 spiro atoms. The lowest BCUT2D eigenvalue weighted by Crippen LogP contribution is -2.15. The molecule has 0 amide bonds. The smallest absolute Gasteiger partial charge is 0.163 e. The largest absolute Gasteiger partial charge is 0.490 e. The van der Waals surface area contributed by atoms with Crippen LogP contribution in [0.2, 0.25) is 0 Å². The van der Waals surface area contributed by atoms with Crippen LogP contribution in [0.3, 0.4) is 0 Å². The highest BCUT2D eigenvalue weighted by atomic mass is 79.9. The van der Waals surface area contributed by atoms with Crippen molar-refractivity contribution in [3.05, 3.63) is 76.3 Å². The number of fused-ring (bicyclic) bond motifs is 1. The predicted octanol–water partition coefficient (Wildman–Crippen LogP) is 5.81. The van der Waals surface area contributed by atoms with E-state index < -0.39 is 0 Å². The lowest BCUT2D eigenvalue weighted by Gasteiger charge is -2.19. The van der Waals surface area contributed by atoms with Gasteiger partial charge in [0.15, 0.2) is 23.0 Å². The van der Waals surface area contributed by atoms with Crippen molar-refractivity contribution < 1.29 is 18.9 Å². The van der Waals surface area contributed by atoms with Gasteiger partial charge in [0, 0.05) is 22.8 Å². The van der Waals surface area contributed by atoms with Gasteiger partial charge in [-0.1, -0.05) is 46.3 Å². The summed E-state index contributed by atoms with van der Waals surface area (Å²) in [7, 11) is 0. The Balaban J connectivity index is 1.47. The Kier molecular flexibility index (Phi) is 6.64. The number of anilines is 1. The maximum atomic E-state index is 6.03. The van der Waals surface area contributed by atoms with Crippen molar-refractivity contribution >= 4 is 21.6 Å². The minimum Gasteiger partial charge on any atom is -0.490 e. The van der Waals surface area contributed by atoms with Crippen LogP contribution in [-0.4, -0.2) is 19.8 Å². The molecule has 1 heterocycles. The molecule has 4 rings (SSSR count). The molecule has 6 heteroatoms. The Hall–Kier alpha value is -2.86. The third-order valence-electron chi connectivity index (χ3n) is 4.67. The van der Waals surface area contributed by atoms with Crippen LogP contribution in [0.25, 0.3) is 0 Å². The van der Waals surface area contributed by atoms with E-state index in [1.165, 1.54) is 0 Å². The monoisotopic (exact) mass is 469 g/mol. The number of ether oxygens (including phenoxy) is 4. The molecule has 3 aromatic carbocycles. The maximum Gasteiger partial charge on any atom is 0.163 e. The molecule has 0 unspecified atom stereocenters. The quantitative estimate of drug-likeness (QED) is 0.450. The molecule has 5 nitrogen and oxygen atoms in total. The molecule has 0 atom stereocenters. The highest BCUT2D eigenvalue weighted by Crippen LogP contribution is 2.36. The van der Waals surface area contributed by atoms with E-state index >= 15 is 0 Å². The highest BCUT2D eigenvalue weighted by molar-refractivity contribution is 9.10. The van der Waals surface area contributed by atoms with Gasteiger partial charge in [0.25, 0.3) is 0 Å². The Bertz CT molecular complexity index is 994. The number of hydrogen-bond acceptors (Lipinski definition) is 5. The summed E-state index contributed by atoms with van der Waals surface area (Å²) < 4.78 is 24.1. The van der Waals surface area contributed by atoms with Crippen LogP contribution in [0, 0.1) is 0 Å². The van der Waals surface area contributed by atoms with Crippen LogP contribution in [0.5, 0.6) is 23.0 Å². The third-order valence-corrected chi connectivity index (χ3v) is 5.41. The van der Waals surface area contributed by atoms with Crippen LogP contribution in [0.15, 0.2) is 65.1 Å². The standard InChI is InChI=1S/C24H24BrNO4/c1-2-27-22-12-18(15-26-19-8-9-21-23(13-19)29-11-10-28-21)20(25)14-24(22)30-16-17-6-4-3-5-7-17/h3-9,12-14,26H,2,10-11,15-16H2,1H3. The molecule has 0 saturated heterocycles. The Morgan fingerprint density at radius 3 is 2.47 bits per heavy atom. The fourth-order valence-corrected chi connectivity index (χ4v) is 3.64. The highest BCUT2D eigenvalue weighted by Gasteiger charge is 2.14. The number of nitrogens with one attached hydrogen (secondary N) is 1. The molecule has 3 aromatic rings. The van der Waals surface area contributed by atoms with Gasteiger partial charge < -0.3 is 24.3 Å². The lowest BCUT2D eigenvalue weighted by molar-refractivity contribution is 0.171. The Labute approximate surface area is 185 Å². The molecule has 1 aliphatic rings. The van der Waals surface area contributed by atoms with Crippen molar-refractivity contribution in [2.24, 2.45) is 0 Å². The normalized spacial score (nSPS) is 12.3. The van der Waals surface area contributed by atoms with E-state index in [-0.39, 0.29) is 0 Å². The van der Waals surface area contributed by atoms with Crippen molar-refractivity contribution in [1.82, 2.24) is 0 Å². The van der Waals surface area contributed by atoms with Gasteiger partial charge in [0.05, 0.1) is 6.61 Å². The summed E-state index contributed by atoms with van der Waals surface area (Å²) in [6, 6.07) is 19.9. The molecule has 0 aromatic heterocycles. The van der Waals surface area contributed by atoms with Gasteiger partial charge in [-0.2, -0.15) is 0 Å². The zero-order valence-corrected chi connectivity index (χ0v) is 18.4. The van der Waals surface area contributed by atoms with Gasteiger partial charge in [-0.3, -0.25) is 0 Å². The molecule has 156 valence electrons. The van der Waals surface area contributed by atoms with Gasteiger partial charge in [0.1, 0.15) is 19.8 Å². The Morgan fingerprint density at radius 2 is 1.67 bits per heavy atom. The van der Waals surface area contributed by atoms with Crippen LogP contribution in [-0.2, 0) is 13.2 Å². The van der Waals surface area contributed by atoms with E-state index in [4.69, 9.17) is 18.9 Å². The molecular weight excluding hydrogens is 446 g/mol. The molecule has 1 N–H and O–H groups in total. The lowest BCUT2D eigenvalue weighted by atomic mass is 10.2. The minimum atomic E-state index is 0.488. The summed E-state index contributed by atoms with van der Waals surface area (Å²) >= 11 is 3.67. The van der Waals surface area contributed by atoms with Crippen LogP contribution < -0.4 is 24.3 Å². The molecular formula is C24H24BrNO4. The van der Waals surface area contributed by atoms with Gasteiger partial charge >= 0.3 is 0 Å². The van der Waals surface area contributed by atoms with Crippen LogP contribution >= 0.6 is 15.9 Å². The topological polar surface area (TPSA) is 49.0 Å². The average Bonchev–Trinajstić information content (AvgIpc) is 2.79. The van der Waals surface area contributed by atoms with Crippen molar-refractivity contribution in [3.63, 3.8) is 0 Å². The second-order valence-corrected chi connectivity index (χ2v) is 7.66. The number of hydrogen-bond donors (Lipinski definition) is 1. The molecule has 0 aliphatic carbocycles. The molecule has 30 heavy (non-hydrogen) atoms. The van der Waals surface area contributed by atoms with Crippen molar-refractivity contribution in [2.45, 2.75) is 20.1 Å². The fourth-order valence-electron chi connectivity index (χ4n) is 3.18. The first-order valence-electron chi connectivity index (χ1n) is 9.98. The third kappa shape index (κ3) is 5.00. The zero-order chi connectivity index (χ0) is 20.8. The summed E-state index contributed by atoms with van der Waals surface area (Å²) in [5, 5.41) is 3.44. The first-order valence-corrected chi connectivity index (χ1v) is 10.8. The molecule has 0 saturated carbocycles. The van der Waals surface area contributed by atoms with Gasteiger partial charge in [-0.05, 0) is 42.3 Å². The van der Waals surface area contributed by atoms with E-state index in [9.17, 15) is 0 Å².